The minimum Gasteiger partial charge on any atom is -0.463 e. The number of rotatable bonds is 6. The van der Waals surface area contributed by atoms with Crippen molar-refractivity contribution in [2.45, 2.75) is 26.9 Å². The van der Waals surface area contributed by atoms with Crippen LogP contribution < -0.4 is 5.32 Å². The first-order valence-electron chi connectivity index (χ1n) is 7.74. The zero-order valence-electron chi connectivity index (χ0n) is 13.9. The molecule has 0 atom stereocenters. The topological polar surface area (TPSA) is 38.3 Å². The predicted octanol–water partition coefficient (Wildman–Crippen LogP) is 4.10. The van der Waals surface area contributed by atoms with E-state index in [9.17, 15) is 4.79 Å². The zero-order valence-corrected chi connectivity index (χ0v) is 13.9. The van der Waals surface area contributed by atoms with E-state index in [1.807, 2.05) is 12.1 Å². The van der Waals surface area contributed by atoms with Crippen LogP contribution in [0.5, 0.6) is 0 Å². The Balaban J connectivity index is 0.000000284. The first-order valence-corrected chi connectivity index (χ1v) is 7.74. The molecule has 3 heteroatoms. The van der Waals surface area contributed by atoms with Crippen LogP contribution in [0.2, 0.25) is 0 Å². The van der Waals surface area contributed by atoms with Gasteiger partial charge >= 0.3 is 5.97 Å². The molecule has 0 aromatic heterocycles. The standard InChI is InChI=1S/C14H15N.C6H10O2/c1-3-7-13(8-4-1)11-15-12-14-9-5-2-6-10-14;1-4-8-6(7)5(2)3/h1-10,15H,11-12H2;2,4H2,1,3H3. The average molecular weight is 311 g/mol. The van der Waals surface area contributed by atoms with Gasteiger partial charge < -0.3 is 10.1 Å². The molecule has 1 N–H and O–H groups in total. The highest BCUT2D eigenvalue weighted by Crippen LogP contribution is 2.00. The van der Waals surface area contributed by atoms with Gasteiger partial charge in [0.25, 0.3) is 0 Å². The molecule has 2 aromatic carbocycles. The van der Waals surface area contributed by atoms with E-state index in [1.54, 1.807) is 13.8 Å². The van der Waals surface area contributed by atoms with Crippen molar-refractivity contribution in [2.24, 2.45) is 0 Å². The molecule has 0 fully saturated rings. The van der Waals surface area contributed by atoms with Crippen molar-refractivity contribution in [1.82, 2.24) is 5.32 Å². The fourth-order valence-corrected chi connectivity index (χ4v) is 1.80. The van der Waals surface area contributed by atoms with Gasteiger partial charge in [-0.1, -0.05) is 67.2 Å². The van der Waals surface area contributed by atoms with E-state index in [-0.39, 0.29) is 5.97 Å². The molecule has 0 unspecified atom stereocenters. The number of hydrogen-bond acceptors (Lipinski definition) is 3. The lowest BCUT2D eigenvalue weighted by Crippen LogP contribution is -2.12. The Bertz CT molecular complexity index is 540. The number of esters is 1. The molecule has 0 amide bonds. The van der Waals surface area contributed by atoms with E-state index < -0.39 is 0 Å². The van der Waals surface area contributed by atoms with Crippen molar-refractivity contribution in [3.05, 3.63) is 83.9 Å². The summed E-state index contributed by atoms with van der Waals surface area (Å²) in [7, 11) is 0. The summed E-state index contributed by atoms with van der Waals surface area (Å²) in [6.07, 6.45) is 0. The van der Waals surface area contributed by atoms with Crippen molar-refractivity contribution < 1.29 is 9.53 Å². The highest BCUT2D eigenvalue weighted by Gasteiger charge is 1.98. The second kappa shape index (κ2) is 11.2. The summed E-state index contributed by atoms with van der Waals surface area (Å²) in [4.78, 5) is 10.4. The maximum absolute atomic E-state index is 10.4. The number of carbonyl (C=O) groups excluding carboxylic acids is 1. The van der Waals surface area contributed by atoms with Crippen molar-refractivity contribution in [1.29, 1.82) is 0 Å². The Morgan fingerprint density at radius 2 is 1.39 bits per heavy atom. The van der Waals surface area contributed by atoms with Crippen LogP contribution >= 0.6 is 0 Å². The number of benzene rings is 2. The van der Waals surface area contributed by atoms with Gasteiger partial charge in [-0.25, -0.2) is 4.79 Å². The maximum atomic E-state index is 10.4. The molecule has 0 heterocycles. The third kappa shape index (κ3) is 8.59. The van der Waals surface area contributed by atoms with Crippen LogP contribution in [0.1, 0.15) is 25.0 Å². The largest absolute Gasteiger partial charge is 0.463 e. The van der Waals surface area contributed by atoms with Crippen LogP contribution in [0.4, 0.5) is 0 Å². The second-order valence-electron chi connectivity index (χ2n) is 5.08. The summed E-state index contributed by atoms with van der Waals surface area (Å²) in [5.41, 5.74) is 3.11. The summed E-state index contributed by atoms with van der Waals surface area (Å²) in [5, 5.41) is 3.42. The van der Waals surface area contributed by atoms with Gasteiger partial charge in [0.15, 0.2) is 0 Å². The van der Waals surface area contributed by atoms with Gasteiger partial charge in [-0.05, 0) is 25.0 Å². The lowest BCUT2D eigenvalue weighted by molar-refractivity contribution is -0.138. The van der Waals surface area contributed by atoms with Crippen molar-refractivity contribution >= 4 is 5.97 Å². The number of ether oxygens (including phenoxy) is 1. The summed E-state index contributed by atoms with van der Waals surface area (Å²) < 4.78 is 4.56. The molecule has 0 aliphatic heterocycles. The van der Waals surface area contributed by atoms with Crippen LogP contribution in [0.15, 0.2) is 72.8 Å². The van der Waals surface area contributed by atoms with E-state index >= 15 is 0 Å². The van der Waals surface area contributed by atoms with Gasteiger partial charge in [0.05, 0.1) is 6.61 Å². The molecule has 0 saturated heterocycles. The van der Waals surface area contributed by atoms with Gasteiger partial charge in [0, 0.05) is 18.7 Å². The number of carbonyl (C=O) groups is 1. The Hall–Kier alpha value is -2.39. The van der Waals surface area contributed by atoms with Gasteiger partial charge in [0.1, 0.15) is 0 Å². The van der Waals surface area contributed by atoms with Gasteiger partial charge in [-0.15, -0.1) is 0 Å². The molecule has 0 bridgehead atoms. The third-order valence-corrected chi connectivity index (χ3v) is 2.97. The van der Waals surface area contributed by atoms with Gasteiger partial charge in [-0.3, -0.25) is 0 Å². The fourth-order valence-electron chi connectivity index (χ4n) is 1.80. The Labute approximate surface area is 139 Å². The summed E-state index contributed by atoms with van der Waals surface area (Å²) in [6, 6.07) is 20.9. The Kier molecular flexibility index (Phi) is 9.10. The van der Waals surface area contributed by atoms with Crippen molar-refractivity contribution in [2.75, 3.05) is 6.61 Å². The molecule has 2 rings (SSSR count). The molecule has 122 valence electrons. The van der Waals surface area contributed by atoms with E-state index in [4.69, 9.17) is 0 Å². The summed E-state index contributed by atoms with van der Waals surface area (Å²) >= 11 is 0. The molecule has 2 aromatic rings. The molecule has 3 nitrogen and oxygen atoms in total. The van der Waals surface area contributed by atoms with E-state index in [1.165, 1.54) is 11.1 Å². The normalized spacial score (nSPS) is 9.48. The molecular weight excluding hydrogens is 286 g/mol. The molecule has 0 saturated carbocycles. The average Bonchev–Trinajstić information content (AvgIpc) is 2.57. The minimum atomic E-state index is -0.312. The smallest absolute Gasteiger partial charge is 0.333 e. The molecule has 0 radical (unpaired) electrons. The highest BCUT2D eigenvalue weighted by atomic mass is 16.5. The molecule has 23 heavy (non-hydrogen) atoms. The highest BCUT2D eigenvalue weighted by molar-refractivity contribution is 5.86. The minimum absolute atomic E-state index is 0.312. The number of nitrogens with one attached hydrogen (secondary N) is 1. The third-order valence-electron chi connectivity index (χ3n) is 2.97. The van der Waals surface area contributed by atoms with Gasteiger partial charge in [0.2, 0.25) is 0 Å². The number of hydrogen-bond donors (Lipinski definition) is 1. The molecular formula is C20H25NO2. The Morgan fingerprint density at radius 3 is 1.70 bits per heavy atom. The maximum Gasteiger partial charge on any atom is 0.333 e. The van der Waals surface area contributed by atoms with Crippen LogP contribution in [-0.2, 0) is 22.6 Å². The zero-order chi connectivity index (χ0) is 16.9. The predicted molar refractivity (Wildman–Crippen MR) is 94.9 cm³/mol. The van der Waals surface area contributed by atoms with Crippen LogP contribution in [-0.4, -0.2) is 12.6 Å². The van der Waals surface area contributed by atoms with E-state index in [2.05, 4.69) is 65.2 Å². The molecule has 0 aliphatic rings. The lowest BCUT2D eigenvalue weighted by atomic mass is 10.2. The van der Waals surface area contributed by atoms with E-state index in [0.29, 0.717) is 12.2 Å². The summed E-state index contributed by atoms with van der Waals surface area (Å²) in [5.74, 6) is -0.312. The Morgan fingerprint density at radius 1 is 0.957 bits per heavy atom. The van der Waals surface area contributed by atoms with Crippen LogP contribution in [0, 0.1) is 0 Å². The lowest BCUT2D eigenvalue weighted by Gasteiger charge is -2.04. The van der Waals surface area contributed by atoms with Crippen molar-refractivity contribution in [3.8, 4) is 0 Å². The fraction of sp³-hybridized carbons (Fsp3) is 0.250. The molecule has 0 spiro atoms. The van der Waals surface area contributed by atoms with Crippen LogP contribution in [0.25, 0.3) is 0 Å². The van der Waals surface area contributed by atoms with Crippen LogP contribution in [0.3, 0.4) is 0 Å². The van der Waals surface area contributed by atoms with Crippen molar-refractivity contribution in [3.63, 3.8) is 0 Å². The quantitative estimate of drug-likeness (QED) is 0.645. The van der Waals surface area contributed by atoms with E-state index in [0.717, 1.165) is 13.1 Å². The second-order valence-corrected chi connectivity index (χ2v) is 5.08. The van der Waals surface area contributed by atoms with Gasteiger partial charge in [-0.2, -0.15) is 0 Å². The monoisotopic (exact) mass is 311 g/mol. The molecule has 0 aliphatic carbocycles. The summed E-state index contributed by atoms with van der Waals surface area (Å²) in [6.45, 7) is 9.06. The SMILES string of the molecule is C=C(C)C(=O)OCC.c1ccc(CNCc2ccccc2)cc1. The first-order chi connectivity index (χ1) is 11.1. The first kappa shape index (κ1) is 18.7.